The van der Waals surface area contributed by atoms with Crippen LogP contribution < -0.4 is 10.6 Å². The predicted molar refractivity (Wildman–Crippen MR) is 99.2 cm³/mol. The number of ketones is 2. The lowest BCUT2D eigenvalue weighted by molar-refractivity contribution is -0.179. The van der Waals surface area contributed by atoms with E-state index < -0.39 is 60.4 Å². The van der Waals surface area contributed by atoms with E-state index in [1.807, 2.05) is 0 Å². The van der Waals surface area contributed by atoms with Gasteiger partial charge in [-0.2, -0.15) is 26.3 Å². The Kier molecular flexibility index (Phi) is 9.03. The average molecular weight is 521 g/mol. The van der Waals surface area contributed by atoms with Gasteiger partial charge in [0.25, 0.3) is 0 Å². The summed E-state index contributed by atoms with van der Waals surface area (Å²) < 4.78 is 74.4. The summed E-state index contributed by atoms with van der Waals surface area (Å²) in [7, 11) is 0. The molecule has 0 heterocycles. The molecule has 0 saturated heterocycles. The topological polar surface area (TPSA) is 92.3 Å². The van der Waals surface area contributed by atoms with Crippen molar-refractivity contribution in [2.45, 2.75) is 51.9 Å². The number of halogens is 7. The Morgan fingerprint density at radius 1 is 0.871 bits per heavy atom. The third-order valence-electron chi connectivity index (χ3n) is 4.23. The van der Waals surface area contributed by atoms with Gasteiger partial charge in [0, 0.05) is 50.6 Å². The second-order valence-corrected chi connectivity index (χ2v) is 7.80. The molecule has 2 unspecified atom stereocenters. The largest absolute Gasteiger partial charge is 0.392 e. The molecule has 0 radical (unpaired) electrons. The molecule has 0 saturated carbocycles. The molecule has 2 rings (SSSR count). The van der Waals surface area contributed by atoms with E-state index in [4.69, 9.17) is 0 Å². The maximum atomic E-state index is 12.4. The molecular formula is C18H19BrF6N2O4. The summed E-state index contributed by atoms with van der Waals surface area (Å²) in [5.41, 5.74) is 0.0483. The Morgan fingerprint density at radius 3 is 1.81 bits per heavy atom. The zero-order valence-electron chi connectivity index (χ0n) is 16.3. The van der Waals surface area contributed by atoms with Crippen molar-refractivity contribution in [3.8, 4) is 0 Å². The van der Waals surface area contributed by atoms with Crippen LogP contribution in [0.15, 0.2) is 22.0 Å². The Hall–Kier alpha value is -2.18. The number of hydrogen-bond donors (Lipinski definition) is 2. The minimum atomic E-state index is -4.42. The van der Waals surface area contributed by atoms with Crippen LogP contribution in [0.3, 0.4) is 0 Å². The standard InChI is InChI=1S/C9H9BrF3NO2.C9H10F3NO2/c1-4(15)14-6-2-5(9(11,12)13)3-7(16)8(6)10;1-5(14)13-7-2-6(9(10,11)12)3-8(15)4-7/h5H,2-3H2,1H3,(H,14,15);4,6H,2-3H2,1H3,(H,13,14). The third kappa shape index (κ3) is 8.83. The molecule has 2 aliphatic carbocycles. The molecule has 0 aromatic carbocycles. The highest BCUT2D eigenvalue weighted by atomic mass is 79.9. The SMILES string of the molecule is CC(=O)NC1=C(Br)C(=O)CC(C(F)(F)F)C1.CC(=O)NC1=CC(=O)CC(C(F)(F)F)C1. The number of alkyl halides is 6. The van der Waals surface area contributed by atoms with Crippen LogP contribution in [0.4, 0.5) is 26.3 Å². The number of hydrogen-bond acceptors (Lipinski definition) is 4. The molecule has 2 atom stereocenters. The molecule has 13 heteroatoms. The van der Waals surface area contributed by atoms with Crippen LogP contribution in [-0.4, -0.2) is 35.7 Å². The van der Waals surface area contributed by atoms with Gasteiger partial charge in [0.1, 0.15) is 0 Å². The molecule has 0 spiro atoms. The zero-order valence-corrected chi connectivity index (χ0v) is 17.9. The summed E-state index contributed by atoms with van der Waals surface area (Å²) in [5.74, 6) is -5.62. The molecular weight excluding hydrogens is 502 g/mol. The molecule has 0 aromatic rings. The van der Waals surface area contributed by atoms with E-state index in [0.29, 0.717) is 0 Å². The molecule has 0 aromatic heterocycles. The van der Waals surface area contributed by atoms with Crippen molar-refractivity contribution in [3.05, 3.63) is 22.0 Å². The van der Waals surface area contributed by atoms with Gasteiger partial charge in [-0.25, -0.2) is 0 Å². The van der Waals surface area contributed by atoms with E-state index in [-0.39, 0.29) is 28.7 Å². The number of amides is 2. The lowest BCUT2D eigenvalue weighted by Gasteiger charge is -2.26. The highest BCUT2D eigenvalue weighted by Gasteiger charge is 2.44. The summed E-state index contributed by atoms with van der Waals surface area (Å²) in [4.78, 5) is 43.7. The molecule has 0 bridgehead atoms. The van der Waals surface area contributed by atoms with Crippen LogP contribution in [0.1, 0.15) is 39.5 Å². The van der Waals surface area contributed by atoms with Crippen molar-refractivity contribution >= 4 is 39.3 Å². The van der Waals surface area contributed by atoms with Gasteiger partial charge >= 0.3 is 12.4 Å². The highest BCUT2D eigenvalue weighted by Crippen LogP contribution is 2.39. The first kappa shape index (κ1) is 26.9. The molecule has 2 aliphatic rings. The normalized spacial score (nSPS) is 22.3. The van der Waals surface area contributed by atoms with Crippen LogP contribution in [0.25, 0.3) is 0 Å². The number of Topliss-reactive ketones (excluding diaryl/α,β-unsaturated/α-hetero) is 1. The second kappa shape index (κ2) is 10.4. The lowest BCUT2D eigenvalue weighted by atomic mass is 9.90. The van der Waals surface area contributed by atoms with Crippen LogP contribution in [0, 0.1) is 11.8 Å². The molecule has 174 valence electrons. The van der Waals surface area contributed by atoms with Crippen LogP contribution >= 0.6 is 15.9 Å². The monoisotopic (exact) mass is 520 g/mol. The van der Waals surface area contributed by atoms with Crippen molar-refractivity contribution in [3.63, 3.8) is 0 Å². The first-order chi connectivity index (χ1) is 14.0. The van der Waals surface area contributed by atoms with E-state index in [9.17, 15) is 45.5 Å². The smallest absolute Gasteiger partial charge is 0.330 e. The van der Waals surface area contributed by atoms with Crippen molar-refractivity contribution in [2.75, 3.05) is 0 Å². The van der Waals surface area contributed by atoms with E-state index in [1.54, 1.807) is 0 Å². The van der Waals surface area contributed by atoms with Gasteiger partial charge in [0.15, 0.2) is 11.6 Å². The molecule has 2 N–H and O–H groups in total. The molecule has 0 aliphatic heterocycles. The first-order valence-corrected chi connectivity index (χ1v) is 9.63. The van der Waals surface area contributed by atoms with E-state index in [0.717, 1.165) is 6.08 Å². The number of nitrogens with one attached hydrogen (secondary N) is 2. The third-order valence-corrected chi connectivity index (χ3v) is 5.15. The minimum absolute atomic E-state index is 0.00563. The second-order valence-electron chi connectivity index (χ2n) is 7.01. The van der Waals surface area contributed by atoms with Gasteiger partial charge in [0.05, 0.1) is 16.3 Å². The van der Waals surface area contributed by atoms with Crippen LogP contribution in [0.2, 0.25) is 0 Å². The van der Waals surface area contributed by atoms with Gasteiger partial charge in [-0.3, -0.25) is 19.2 Å². The maximum absolute atomic E-state index is 12.4. The van der Waals surface area contributed by atoms with E-state index >= 15 is 0 Å². The van der Waals surface area contributed by atoms with Gasteiger partial charge in [-0.15, -0.1) is 0 Å². The number of carbonyl (C=O) groups excluding carboxylic acids is 4. The van der Waals surface area contributed by atoms with Gasteiger partial charge < -0.3 is 10.6 Å². The number of allylic oxidation sites excluding steroid dienone is 4. The summed E-state index contributed by atoms with van der Waals surface area (Å²) >= 11 is 2.89. The van der Waals surface area contributed by atoms with Crippen molar-refractivity contribution in [1.82, 2.24) is 10.6 Å². The molecule has 2 amide bonds. The molecule has 31 heavy (non-hydrogen) atoms. The zero-order chi connectivity index (χ0) is 24.1. The average Bonchev–Trinajstić information content (AvgIpc) is 2.56. The fraction of sp³-hybridized carbons (Fsp3) is 0.556. The number of rotatable bonds is 2. The number of carbonyl (C=O) groups is 4. The minimum Gasteiger partial charge on any atom is -0.330 e. The van der Waals surface area contributed by atoms with E-state index in [2.05, 4.69) is 26.6 Å². The lowest BCUT2D eigenvalue weighted by Crippen LogP contribution is -2.34. The molecule has 0 fully saturated rings. The first-order valence-electron chi connectivity index (χ1n) is 8.84. The van der Waals surface area contributed by atoms with E-state index in [1.165, 1.54) is 13.8 Å². The fourth-order valence-corrected chi connectivity index (χ4v) is 3.30. The Balaban J connectivity index is 0.000000311. The maximum Gasteiger partial charge on any atom is 0.392 e. The summed E-state index contributed by atoms with van der Waals surface area (Å²) in [6.45, 7) is 2.36. The Bertz CT molecular complexity index is 817. The molecule has 6 nitrogen and oxygen atoms in total. The fourth-order valence-electron chi connectivity index (χ4n) is 2.88. The van der Waals surface area contributed by atoms with Gasteiger partial charge in [-0.1, -0.05) is 0 Å². The summed E-state index contributed by atoms with van der Waals surface area (Å²) in [6.07, 6.45) is -9.59. The highest BCUT2D eigenvalue weighted by molar-refractivity contribution is 9.12. The quantitative estimate of drug-likeness (QED) is 0.541. The predicted octanol–water partition coefficient (Wildman–Crippen LogP) is 3.82. The van der Waals surface area contributed by atoms with Crippen LogP contribution in [0.5, 0.6) is 0 Å². The van der Waals surface area contributed by atoms with Gasteiger partial charge in [-0.05, 0) is 22.4 Å². The summed E-state index contributed by atoms with van der Waals surface area (Å²) in [5, 5.41) is 4.45. The summed E-state index contributed by atoms with van der Waals surface area (Å²) in [6, 6.07) is 0. The van der Waals surface area contributed by atoms with Crippen molar-refractivity contribution < 1.29 is 45.5 Å². The Labute approximate surface area is 181 Å². The Morgan fingerprint density at radius 2 is 1.35 bits per heavy atom. The van der Waals surface area contributed by atoms with Gasteiger partial charge in [0.2, 0.25) is 11.8 Å². The van der Waals surface area contributed by atoms with Crippen LogP contribution in [-0.2, 0) is 19.2 Å². The van der Waals surface area contributed by atoms with Crippen molar-refractivity contribution in [2.24, 2.45) is 11.8 Å². The van der Waals surface area contributed by atoms with Crippen molar-refractivity contribution in [1.29, 1.82) is 0 Å².